The normalized spacial score (nSPS) is 13.2. The van der Waals surface area contributed by atoms with Crippen molar-refractivity contribution in [2.24, 2.45) is 5.10 Å². The third-order valence-corrected chi connectivity index (χ3v) is 4.79. The van der Waals surface area contributed by atoms with E-state index in [0.29, 0.717) is 24.4 Å². The molecule has 4 rings (SSSR count). The van der Waals surface area contributed by atoms with Gasteiger partial charge in [0, 0.05) is 29.2 Å². The summed E-state index contributed by atoms with van der Waals surface area (Å²) in [4.78, 5) is 25.9. The highest BCUT2D eigenvalue weighted by Gasteiger charge is 2.26. The second-order valence-corrected chi connectivity index (χ2v) is 6.73. The van der Waals surface area contributed by atoms with Gasteiger partial charge in [-0.1, -0.05) is 30.3 Å². The van der Waals surface area contributed by atoms with Gasteiger partial charge in [-0.3, -0.25) is 14.5 Å². The van der Waals surface area contributed by atoms with E-state index in [0.717, 1.165) is 16.5 Å². The van der Waals surface area contributed by atoms with Gasteiger partial charge in [0.05, 0.1) is 24.4 Å². The van der Waals surface area contributed by atoms with Crippen LogP contribution in [0.4, 0.5) is 5.69 Å². The first-order valence-electron chi connectivity index (χ1n) is 9.46. The number of nitrogens with zero attached hydrogens (tertiary/aromatic N) is 4. The SMILES string of the molecule is N#CCCn1cc(/C=N\NC(=O)CN2C(=O)COc3ccccc32)c2ccccc21. The zero-order chi connectivity index (χ0) is 20.9. The Morgan fingerprint density at radius 2 is 2.03 bits per heavy atom. The topological polar surface area (TPSA) is 99.7 Å². The van der Waals surface area contributed by atoms with Gasteiger partial charge in [0.25, 0.3) is 11.8 Å². The number of para-hydroxylation sites is 3. The lowest BCUT2D eigenvalue weighted by Gasteiger charge is -2.28. The number of anilines is 1. The Morgan fingerprint density at radius 1 is 1.23 bits per heavy atom. The number of hydrazone groups is 1. The number of carbonyl (C=O) groups is 2. The number of fused-ring (bicyclic) bond motifs is 2. The summed E-state index contributed by atoms with van der Waals surface area (Å²) in [5, 5.41) is 13.9. The van der Waals surface area contributed by atoms with E-state index in [2.05, 4.69) is 16.6 Å². The quantitative estimate of drug-likeness (QED) is 0.506. The van der Waals surface area contributed by atoms with Gasteiger partial charge in [0.2, 0.25) is 0 Å². The summed E-state index contributed by atoms with van der Waals surface area (Å²) in [6.07, 6.45) is 3.87. The molecule has 150 valence electrons. The molecule has 0 spiro atoms. The summed E-state index contributed by atoms with van der Waals surface area (Å²) in [6, 6.07) is 17.0. The molecule has 0 saturated heterocycles. The number of rotatable bonds is 6. The minimum Gasteiger partial charge on any atom is -0.482 e. The maximum atomic E-state index is 12.4. The third kappa shape index (κ3) is 3.86. The molecule has 0 saturated carbocycles. The molecule has 3 aromatic rings. The number of carbonyl (C=O) groups excluding carboxylic acids is 2. The van der Waals surface area contributed by atoms with Crippen molar-refractivity contribution in [3.63, 3.8) is 0 Å². The van der Waals surface area contributed by atoms with Crippen LogP contribution in [0.2, 0.25) is 0 Å². The highest BCUT2D eigenvalue weighted by Crippen LogP contribution is 2.31. The predicted molar refractivity (Wildman–Crippen MR) is 112 cm³/mol. The van der Waals surface area contributed by atoms with Gasteiger partial charge in [-0.05, 0) is 18.2 Å². The molecule has 2 heterocycles. The fraction of sp³-hybridized carbons (Fsp3) is 0.182. The second kappa shape index (κ2) is 8.49. The molecule has 0 aliphatic carbocycles. The Hall–Kier alpha value is -4.12. The lowest BCUT2D eigenvalue weighted by atomic mass is 10.2. The van der Waals surface area contributed by atoms with Gasteiger partial charge in [-0.25, -0.2) is 5.43 Å². The van der Waals surface area contributed by atoms with E-state index in [4.69, 9.17) is 10.00 Å². The number of nitrogens with one attached hydrogen (secondary N) is 1. The molecule has 0 unspecified atom stereocenters. The molecule has 0 radical (unpaired) electrons. The number of aromatic nitrogens is 1. The van der Waals surface area contributed by atoms with Gasteiger partial charge < -0.3 is 9.30 Å². The number of hydrogen-bond acceptors (Lipinski definition) is 5. The van der Waals surface area contributed by atoms with E-state index in [1.807, 2.05) is 41.1 Å². The van der Waals surface area contributed by atoms with Crippen LogP contribution in [0, 0.1) is 11.3 Å². The highest BCUT2D eigenvalue weighted by atomic mass is 16.5. The molecule has 1 aliphatic rings. The highest BCUT2D eigenvalue weighted by molar-refractivity contribution is 6.03. The minimum absolute atomic E-state index is 0.101. The van der Waals surface area contributed by atoms with Crippen molar-refractivity contribution < 1.29 is 14.3 Å². The Balaban J connectivity index is 1.46. The second-order valence-electron chi connectivity index (χ2n) is 6.73. The largest absolute Gasteiger partial charge is 0.482 e. The smallest absolute Gasteiger partial charge is 0.265 e. The number of amides is 2. The molecule has 0 fully saturated rings. The molecule has 1 N–H and O–H groups in total. The maximum absolute atomic E-state index is 12.4. The first-order valence-corrected chi connectivity index (χ1v) is 9.46. The number of ether oxygens (including phenoxy) is 1. The molecule has 8 nitrogen and oxygen atoms in total. The molecule has 8 heteroatoms. The number of aryl methyl sites for hydroxylation is 1. The summed E-state index contributed by atoms with van der Waals surface area (Å²) in [5.74, 6) is -0.128. The van der Waals surface area contributed by atoms with Gasteiger partial charge in [0.1, 0.15) is 12.3 Å². The van der Waals surface area contributed by atoms with Crippen LogP contribution < -0.4 is 15.1 Å². The molecule has 30 heavy (non-hydrogen) atoms. The van der Waals surface area contributed by atoms with Crippen LogP contribution in [0.1, 0.15) is 12.0 Å². The zero-order valence-electron chi connectivity index (χ0n) is 16.1. The monoisotopic (exact) mass is 401 g/mol. The van der Waals surface area contributed by atoms with Crippen molar-refractivity contribution in [1.82, 2.24) is 9.99 Å². The first-order chi connectivity index (χ1) is 14.7. The first kappa shape index (κ1) is 19.2. The van der Waals surface area contributed by atoms with Gasteiger partial charge in [0.15, 0.2) is 6.61 Å². The fourth-order valence-corrected chi connectivity index (χ4v) is 3.41. The lowest BCUT2D eigenvalue weighted by Crippen LogP contribution is -2.44. The molecule has 2 aromatic carbocycles. The molecular formula is C22H19N5O3. The number of benzene rings is 2. The Morgan fingerprint density at radius 3 is 2.90 bits per heavy atom. The standard InChI is InChI=1S/C22H19N5O3/c23-10-5-11-26-13-16(17-6-1-2-7-18(17)26)12-24-25-21(28)14-27-19-8-3-4-9-20(19)30-15-22(27)29/h1-4,6-9,12-13H,5,11,14-15H2,(H,25,28)/b24-12-. The van der Waals surface area contributed by atoms with Crippen molar-refractivity contribution in [3.8, 4) is 11.8 Å². The Bertz CT molecular complexity index is 1170. The van der Waals surface area contributed by atoms with Gasteiger partial charge >= 0.3 is 0 Å². The minimum atomic E-state index is -0.412. The van der Waals surface area contributed by atoms with Crippen LogP contribution in [0.3, 0.4) is 0 Å². The molecule has 0 atom stereocenters. The predicted octanol–water partition coefficient (Wildman–Crippen LogP) is 2.43. The van der Waals surface area contributed by atoms with E-state index in [1.165, 1.54) is 4.90 Å². The van der Waals surface area contributed by atoms with Crippen molar-refractivity contribution in [1.29, 1.82) is 5.26 Å². The van der Waals surface area contributed by atoms with Crippen LogP contribution in [-0.2, 0) is 16.1 Å². The third-order valence-electron chi connectivity index (χ3n) is 4.79. The zero-order valence-corrected chi connectivity index (χ0v) is 16.1. The maximum Gasteiger partial charge on any atom is 0.265 e. The average molecular weight is 401 g/mol. The van der Waals surface area contributed by atoms with Crippen molar-refractivity contribution in [3.05, 3.63) is 60.3 Å². The fourth-order valence-electron chi connectivity index (χ4n) is 3.41. The number of hydrogen-bond donors (Lipinski definition) is 1. The Labute approximate surface area is 173 Å². The van der Waals surface area contributed by atoms with Crippen LogP contribution in [-0.4, -0.2) is 35.7 Å². The van der Waals surface area contributed by atoms with Crippen LogP contribution in [0.15, 0.2) is 59.8 Å². The van der Waals surface area contributed by atoms with Crippen molar-refractivity contribution in [2.45, 2.75) is 13.0 Å². The van der Waals surface area contributed by atoms with Crippen molar-refractivity contribution >= 4 is 34.6 Å². The molecule has 0 bridgehead atoms. The van der Waals surface area contributed by atoms with Crippen LogP contribution in [0.5, 0.6) is 5.75 Å². The number of nitriles is 1. The summed E-state index contributed by atoms with van der Waals surface area (Å²) < 4.78 is 7.37. The van der Waals surface area contributed by atoms with E-state index < -0.39 is 5.91 Å². The van der Waals surface area contributed by atoms with Gasteiger partial charge in [-0.2, -0.15) is 10.4 Å². The van der Waals surface area contributed by atoms with E-state index in [-0.39, 0.29) is 19.1 Å². The van der Waals surface area contributed by atoms with Gasteiger partial charge in [-0.15, -0.1) is 0 Å². The molecule has 2 amide bonds. The Kier molecular flexibility index (Phi) is 5.44. The van der Waals surface area contributed by atoms with E-state index >= 15 is 0 Å². The van der Waals surface area contributed by atoms with E-state index in [9.17, 15) is 9.59 Å². The van der Waals surface area contributed by atoms with Crippen molar-refractivity contribution in [2.75, 3.05) is 18.1 Å². The summed E-state index contributed by atoms with van der Waals surface area (Å²) in [5.41, 5.74) is 4.87. The summed E-state index contributed by atoms with van der Waals surface area (Å²) in [6.45, 7) is 0.325. The molecule has 1 aliphatic heterocycles. The average Bonchev–Trinajstić information content (AvgIpc) is 3.12. The lowest BCUT2D eigenvalue weighted by molar-refractivity contribution is -0.125. The summed E-state index contributed by atoms with van der Waals surface area (Å²) in [7, 11) is 0. The van der Waals surface area contributed by atoms with Crippen LogP contribution in [0.25, 0.3) is 10.9 Å². The molecule has 1 aromatic heterocycles. The van der Waals surface area contributed by atoms with Crippen LogP contribution >= 0.6 is 0 Å². The summed E-state index contributed by atoms with van der Waals surface area (Å²) >= 11 is 0. The molecular weight excluding hydrogens is 382 g/mol. The van der Waals surface area contributed by atoms with E-state index in [1.54, 1.807) is 24.4 Å².